The Bertz CT molecular complexity index is 517. The summed E-state index contributed by atoms with van der Waals surface area (Å²) in [5.41, 5.74) is 1.96. The van der Waals surface area contributed by atoms with E-state index in [9.17, 15) is 0 Å². The second-order valence-corrected chi connectivity index (χ2v) is 10.0. The van der Waals surface area contributed by atoms with Gasteiger partial charge in [0.05, 0.1) is 15.1 Å². The minimum atomic E-state index is -1.45. The van der Waals surface area contributed by atoms with Gasteiger partial charge in [-0.2, -0.15) is 0 Å². The van der Waals surface area contributed by atoms with Crippen LogP contribution in [0.1, 0.15) is 1.37 Å². The first-order chi connectivity index (χ1) is 7.98. The van der Waals surface area contributed by atoms with Gasteiger partial charge in [0.25, 0.3) is 0 Å². The van der Waals surface area contributed by atoms with Crippen molar-refractivity contribution in [2.45, 2.75) is 19.6 Å². The van der Waals surface area contributed by atoms with E-state index in [0.29, 0.717) is 6.04 Å². The Hall–Kier alpha value is -1.41. The van der Waals surface area contributed by atoms with Crippen molar-refractivity contribution in [1.29, 1.82) is 0 Å². The molecule has 2 aromatic rings. The number of nitrogens with zero attached hydrogens (tertiary/aromatic N) is 1. The number of pyridine rings is 1. The van der Waals surface area contributed by atoms with Gasteiger partial charge in [-0.15, -0.1) is 0 Å². The fraction of sp³-hybridized carbons (Fsp3) is 0.214. The summed E-state index contributed by atoms with van der Waals surface area (Å²) < 4.78 is 8.11. The fourth-order valence-corrected chi connectivity index (χ4v) is 2.49. The Labute approximate surface area is 99.6 Å². The van der Waals surface area contributed by atoms with Crippen LogP contribution < -0.4 is 5.19 Å². The van der Waals surface area contributed by atoms with Crippen LogP contribution in [-0.4, -0.2) is 13.1 Å². The average Bonchev–Trinajstić information content (AvgIpc) is 2.28. The molecule has 0 fully saturated rings. The molecule has 0 N–H and O–H groups in total. The van der Waals surface area contributed by atoms with E-state index in [1.807, 2.05) is 42.6 Å². The highest BCUT2D eigenvalue weighted by atomic mass is 28.3. The van der Waals surface area contributed by atoms with Crippen LogP contribution in [0, 0.1) is 0 Å². The van der Waals surface area contributed by atoms with Crippen molar-refractivity contribution in [3.8, 4) is 11.3 Å². The van der Waals surface area contributed by atoms with Gasteiger partial charge in [-0.3, -0.25) is 4.98 Å². The molecule has 1 heterocycles. The minimum Gasteiger partial charge on any atom is -0.256 e. The lowest BCUT2D eigenvalue weighted by molar-refractivity contribution is 1.34. The maximum absolute atomic E-state index is 8.11. The smallest absolute Gasteiger partial charge is 0.0796 e. The number of hydrogen-bond acceptors (Lipinski definition) is 1. The van der Waals surface area contributed by atoms with Crippen molar-refractivity contribution in [3.63, 3.8) is 0 Å². The third-order valence-electron chi connectivity index (χ3n) is 2.57. The molecule has 0 aliphatic rings. The maximum atomic E-state index is 8.11. The SMILES string of the molecule is [2H]c1cc(-c2ccccc2)ncc1[Si](C)(C)C. The lowest BCUT2D eigenvalue weighted by Gasteiger charge is -2.16. The van der Waals surface area contributed by atoms with E-state index < -0.39 is 8.07 Å². The van der Waals surface area contributed by atoms with Crippen molar-refractivity contribution in [3.05, 3.63) is 48.6 Å². The van der Waals surface area contributed by atoms with E-state index in [-0.39, 0.29) is 0 Å². The fourth-order valence-electron chi connectivity index (χ4n) is 1.53. The van der Waals surface area contributed by atoms with E-state index >= 15 is 0 Å². The van der Waals surface area contributed by atoms with Crippen molar-refractivity contribution < 1.29 is 1.37 Å². The quantitative estimate of drug-likeness (QED) is 0.719. The molecular weight excluding hydrogens is 210 g/mol. The van der Waals surface area contributed by atoms with Crippen LogP contribution in [0.4, 0.5) is 0 Å². The summed E-state index contributed by atoms with van der Waals surface area (Å²) in [4.78, 5) is 4.49. The monoisotopic (exact) mass is 228 g/mol. The molecule has 82 valence electrons. The topological polar surface area (TPSA) is 12.9 Å². The van der Waals surface area contributed by atoms with E-state index in [1.165, 1.54) is 0 Å². The lowest BCUT2D eigenvalue weighted by atomic mass is 10.1. The van der Waals surface area contributed by atoms with Crippen LogP contribution in [0.5, 0.6) is 0 Å². The zero-order valence-corrected chi connectivity index (χ0v) is 11.0. The molecule has 0 radical (unpaired) electrons. The van der Waals surface area contributed by atoms with Gasteiger partial charge in [0.1, 0.15) is 0 Å². The zero-order chi connectivity index (χ0) is 12.5. The van der Waals surface area contributed by atoms with Gasteiger partial charge in [0.15, 0.2) is 0 Å². The highest BCUT2D eigenvalue weighted by molar-refractivity contribution is 6.88. The van der Waals surface area contributed by atoms with Gasteiger partial charge in [0, 0.05) is 11.8 Å². The second kappa shape index (κ2) is 4.22. The first kappa shape index (κ1) is 9.79. The molecule has 0 saturated carbocycles. The maximum Gasteiger partial charge on any atom is 0.0796 e. The lowest BCUT2D eigenvalue weighted by Crippen LogP contribution is -2.37. The molecule has 16 heavy (non-hydrogen) atoms. The molecule has 0 aliphatic carbocycles. The van der Waals surface area contributed by atoms with Gasteiger partial charge in [0.2, 0.25) is 0 Å². The van der Waals surface area contributed by atoms with Crippen LogP contribution in [0.2, 0.25) is 19.6 Å². The number of hydrogen-bond donors (Lipinski definition) is 0. The summed E-state index contributed by atoms with van der Waals surface area (Å²) in [6, 6.07) is 12.5. The van der Waals surface area contributed by atoms with Crippen LogP contribution in [-0.2, 0) is 0 Å². The average molecular weight is 228 g/mol. The Kier molecular flexibility index (Phi) is 2.58. The van der Waals surface area contributed by atoms with E-state index in [2.05, 4.69) is 24.6 Å². The molecular formula is C14H17NSi. The Morgan fingerprint density at radius 2 is 1.75 bits per heavy atom. The van der Waals surface area contributed by atoms with E-state index in [1.54, 1.807) is 0 Å². The molecule has 0 bridgehead atoms. The van der Waals surface area contributed by atoms with Crippen LogP contribution in [0.25, 0.3) is 11.3 Å². The Morgan fingerprint density at radius 1 is 1.06 bits per heavy atom. The van der Waals surface area contributed by atoms with Gasteiger partial charge in [-0.05, 0) is 11.3 Å². The van der Waals surface area contributed by atoms with Crippen LogP contribution >= 0.6 is 0 Å². The van der Waals surface area contributed by atoms with E-state index in [4.69, 9.17) is 1.37 Å². The summed E-state index contributed by atoms with van der Waals surface area (Å²) >= 11 is 0. The first-order valence-corrected chi connectivity index (χ1v) is 9.01. The van der Waals surface area contributed by atoms with Crippen LogP contribution in [0.15, 0.2) is 48.6 Å². The molecule has 0 aliphatic heterocycles. The molecule has 0 spiro atoms. The molecule has 0 amide bonds. The normalized spacial score (nSPS) is 12.3. The molecule has 2 heteroatoms. The Balaban J connectivity index is 2.45. The highest BCUT2D eigenvalue weighted by Gasteiger charge is 2.16. The second-order valence-electron chi connectivity index (χ2n) is 4.96. The zero-order valence-electron chi connectivity index (χ0n) is 11.0. The molecule has 1 aromatic carbocycles. The van der Waals surface area contributed by atoms with Crippen molar-refractivity contribution >= 4 is 13.3 Å². The largest absolute Gasteiger partial charge is 0.256 e. The third-order valence-corrected chi connectivity index (χ3v) is 4.46. The minimum absolute atomic E-state index is 0.623. The third kappa shape index (κ3) is 2.39. The first-order valence-electron chi connectivity index (χ1n) is 6.01. The summed E-state index contributed by atoms with van der Waals surface area (Å²) in [7, 11) is -1.45. The number of aromatic nitrogens is 1. The molecule has 1 aromatic heterocycles. The van der Waals surface area contributed by atoms with Gasteiger partial charge in [-0.1, -0.05) is 56.0 Å². The van der Waals surface area contributed by atoms with Crippen molar-refractivity contribution in [2.75, 3.05) is 0 Å². The number of rotatable bonds is 2. The Morgan fingerprint density at radius 3 is 2.31 bits per heavy atom. The summed E-state index contributed by atoms with van der Waals surface area (Å²) in [5, 5.41) is 1.12. The van der Waals surface area contributed by atoms with Gasteiger partial charge < -0.3 is 0 Å². The molecule has 0 atom stereocenters. The van der Waals surface area contributed by atoms with Gasteiger partial charge in [-0.25, -0.2) is 0 Å². The summed E-state index contributed by atoms with van der Waals surface area (Å²) in [6.07, 6.45) is 1.89. The van der Waals surface area contributed by atoms with Crippen molar-refractivity contribution in [2.24, 2.45) is 0 Å². The van der Waals surface area contributed by atoms with E-state index in [0.717, 1.165) is 16.4 Å². The summed E-state index contributed by atoms with van der Waals surface area (Å²) in [5.74, 6) is 0. The molecule has 0 unspecified atom stereocenters. The molecule has 0 saturated heterocycles. The highest BCUT2D eigenvalue weighted by Crippen LogP contribution is 2.15. The standard InChI is InChI=1S/C14H17NSi/c1-16(2,3)13-9-10-14(15-11-13)12-7-5-4-6-8-12/h4-11H,1-3H3/i9D. The van der Waals surface area contributed by atoms with Crippen molar-refractivity contribution in [1.82, 2.24) is 4.98 Å². The molecule has 2 rings (SSSR count). The predicted molar refractivity (Wildman–Crippen MR) is 72.7 cm³/mol. The predicted octanol–water partition coefficient (Wildman–Crippen LogP) is 3.29. The summed E-state index contributed by atoms with van der Waals surface area (Å²) in [6.45, 7) is 6.72. The number of benzene rings is 1. The van der Waals surface area contributed by atoms with Gasteiger partial charge >= 0.3 is 0 Å². The van der Waals surface area contributed by atoms with Crippen LogP contribution in [0.3, 0.4) is 0 Å². The molecule has 1 nitrogen and oxygen atoms in total.